The fourth-order valence-corrected chi connectivity index (χ4v) is 1.42. The first kappa shape index (κ1) is 7.98. The number of nitrogens with zero attached hydrogens (tertiary/aromatic N) is 1. The molecule has 0 aromatic carbocycles. The molecule has 10 heavy (non-hydrogen) atoms. The second kappa shape index (κ2) is 3.91. The lowest BCUT2D eigenvalue weighted by Gasteiger charge is -2.27. The molecule has 0 aromatic rings. The molecule has 60 valence electrons. The van der Waals surface area contributed by atoms with Gasteiger partial charge in [0.1, 0.15) is 0 Å². The quantitative estimate of drug-likeness (QED) is 0.534. The van der Waals surface area contributed by atoms with E-state index < -0.39 is 0 Å². The van der Waals surface area contributed by atoms with Crippen molar-refractivity contribution in [2.24, 2.45) is 11.8 Å². The molecule has 1 rings (SSSR count). The number of nitrogens with two attached hydrogens (primary N) is 1. The van der Waals surface area contributed by atoms with Gasteiger partial charge in [0.2, 0.25) is 0 Å². The first-order valence-corrected chi connectivity index (χ1v) is 3.93. The topological polar surface area (TPSA) is 49.5 Å². The van der Waals surface area contributed by atoms with Crippen LogP contribution in [0.4, 0.5) is 0 Å². The van der Waals surface area contributed by atoms with Gasteiger partial charge < -0.3 is 5.11 Å². The summed E-state index contributed by atoms with van der Waals surface area (Å²) in [6, 6.07) is 0. The normalized spacial score (nSPS) is 23.4. The largest absolute Gasteiger partial charge is 0.396 e. The van der Waals surface area contributed by atoms with Crippen LogP contribution in [0.3, 0.4) is 0 Å². The number of rotatable bonds is 2. The van der Waals surface area contributed by atoms with Crippen molar-refractivity contribution in [2.75, 3.05) is 19.7 Å². The Kier molecular flexibility index (Phi) is 3.12. The van der Waals surface area contributed by atoms with Gasteiger partial charge in [-0.2, -0.15) is 0 Å². The number of hydrogen-bond acceptors (Lipinski definition) is 3. The molecule has 0 amide bonds. The summed E-state index contributed by atoms with van der Waals surface area (Å²) >= 11 is 0. The lowest BCUT2D eigenvalue weighted by atomic mass is 9.95. The Bertz CT molecular complexity index is 89.6. The van der Waals surface area contributed by atoms with E-state index in [0.717, 1.165) is 32.4 Å². The summed E-state index contributed by atoms with van der Waals surface area (Å²) in [5.41, 5.74) is 0. The molecule has 0 aliphatic carbocycles. The minimum absolute atomic E-state index is 0.329. The van der Waals surface area contributed by atoms with Crippen LogP contribution in [0.25, 0.3) is 0 Å². The van der Waals surface area contributed by atoms with Gasteiger partial charge in [0.15, 0.2) is 0 Å². The maximum atomic E-state index is 8.64. The zero-order chi connectivity index (χ0) is 7.40. The molecule has 0 aromatic heterocycles. The fourth-order valence-electron chi connectivity index (χ4n) is 1.42. The highest BCUT2D eigenvalue weighted by Gasteiger charge is 2.15. The van der Waals surface area contributed by atoms with Gasteiger partial charge in [-0.15, -0.1) is 0 Å². The lowest BCUT2D eigenvalue weighted by molar-refractivity contribution is 0.160. The summed E-state index contributed by atoms with van der Waals surface area (Å²) in [6.07, 6.45) is 3.25. The SMILES string of the molecule is NN1CCC(CCO)CC1. The zero-order valence-corrected chi connectivity index (χ0v) is 6.29. The number of hydrazine groups is 1. The number of hydrogen-bond donors (Lipinski definition) is 2. The van der Waals surface area contributed by atoms with E-state index in [9.17, 15) is 0 Å². The van der Waals surface area contributed by atoms with E-state index in [1.807, 2.05) is 5.01 Å². The van der Waals surface area contributed by atoms with E-state index >= 15 is 0 Å². The molecular weight excluding hydrogens is 128 g/mol. The van der Waals surface area contributed by atoms with Crippen molar-refractivity contribution >= 4 is 0 Å². The van der Waals surface area contributed by atoms with Crippen molar-refractivity contribution in [2.45, 2.75) is 19.3 Å². The molecule has 0 atom stereocenters. The smallest absolute Gasteiger partial charge is 0.0433 e. The van der Waals surface area contributed by atoms with Crippen LogP contribution in [0.5, 0.6) is 0 Å². The molecule has 3 N–H and O–H groups in total. The molecular formula is C7H16N2O. The van der Waals surface area contributed by atoms with Crippen molar-refractivity contribution in [1.29, 1.82) is 0 Å². The second-order valence-electron chi connectivity index (χ2n) is 2.99. The van der Waals surface area contributed by atoms with Gasteiger partial charge in [0, 0.05) is 19.7 Å². The van der Waals surface area contributed by atoms with Gasteiger partial charge in [-0.3, -0.25) is 5.84 Å². The van der Waals surface area contributed by atoms with Crippen molar-refractivity contribution in [3.05, 3.63) is 0 Å². The number of piperidine rings is 1. The average molecular weight is 144 g/mol. The van der Waals surface area contributed by atoms with E-state index in [4.69, 9.17) is 10.9 Å². The summed E-state index contributed by atoms with van der Waals surface area (Å²) < 4.78 is 0. The van der Waals surface area contributed by atoms with Gasteiger partial charge in [0.25, 0.3) is 0 Å². The van der Waals surface area contributed by atoms with E-state index in [1.165, 1.54) is 0 Å². The average Bonchev–Trinajstić information content (AvgIpc) is 1.95. The van der Waals surface area contributed by atoms with E-state index in [2.05, 4.69) is 0 Å². The molecule has 0 unspecified atom stereocenters. The highest BCUT2D eigenvalue weighted by molar-refractivity contribution is 4.68. The molecule has 0 radical (unpaired) electrons. The van der Waals surface area contributed by atoms with Crippen LogP contribution >= 0.6 is 0 Å². The third-order valence-electron chi connectivity index (χ3n) is 2.19. The Hall–Kier alpha value is -0.120. The minimum Gasteiger partial charge on any atom is -0.396 e. The molecule has 0 bridgehead atoms. The Morgan fingerprint density at radius 2 is 2.00 bits per heavy atom. The Balaban J connectivity index is 2.13. The third kappa shape index (κ3) is 2.25. The summed E-state index contributed by atoms with van der Waals surface area (Å²) in [6.45, 7) is 2.31. The van der Waals surface area contributed by atoms with Crippen LogP contribution in [0.2, 0.25) is 0 Å². The Morgan fingerprint density at radius 3 is 2.50 bits per heavy atom. The van der Waals surface area contributed by atoms with Crippen LogP contribution in [0.1, 0.15) is 19.3 Å². The standard InChI is InChI=1S/C7H16N2O/c8-9-4-1-7(2-5-9)3-6-10/h7,10H,1-6,8H2. The fraction of sp³-hybridized carbons (Fsp3) is 1.00. The van der Waals surface area contributed by atoms with Gasteiger partial charge in [-0.05, 0) is 25.2 Å². The molecule has 1 fully saturated rings. The van der Waals surface area contributed by atoms with Gasteiger partial charge in [0.05, 0.1) is 0 Å². The molecule has 0 saturated carbocycles. The first-order chi connectivity index (χ1) is 4.83. The molecule has 3 nitrogen and oxygen atoms in total. The molecule has 0 spiro atoms. The van der Waals surface area contributed by atoms with Crippen molar-refractivity contribution < 1.29 is 5.11 Å². The molecule has 1 aliphatic rings. The van der Waals surface area contributed by atoms with Gasteiger partial charge in [-0.25, -0.2) is 5.01 Å². The molecule has 1 saturated heterocycles. The highest BCUT2D eigenvalue weighted by atomic mass is 16.3. The molecule has 1 aliphatic heterocycles. The Labute approximate surface area is 61.8 Å². The predicted octanol–water partition coefficient (Wildman–Crippen LogP) is -0.0455. The van der Waals surface area contributed by atoms with E-state index in [-0.39, 0.29) is 0 Å². The van der Waals surface area contributed by atoms with Crippen LogP contribution in [0, 0.1) is 5.92 Å². The molecule has 3 heteroatoms. The highest BCUT2D eigenvalue weighted by Crippen LogP contribution is 2.17. The zero-order valence-electron chi connectivity index (χ0n) is 6.29. The maximum absolute atomic E-state index is 8.64. The second-order valence-corrected chi connectivity index (χ2v) is 2.99. The van der Waals surface area contributed by atoms with Crippen LogP contribution in [-0.4, -0.2) is 29.8 Å². The van der Waals surface area contributed by atoms with E-state index in [1.54, 1.807) is 0 Å². The number of aliphatic hydroxyl groups is 1. The minimum atomic E-state index is 0.329. The van der Waals surface area contributed by atoms with Crippen molar-refractivity contribution in [3.8, 4) is 0 Å². The molecule has 1 heterocycles. The summed E-state index contributed by atoms with van der Waals surface area (Å²) in [5.74, 6) is 6.28. The summed E-state index contributed by atoms with van der Waals surface area (Å²) in [4.78, 5) is 0. The lowest BCUT2D eigenvalue weighted by Crippen LogP contribution is -2.38. The third-order valence-corrected chi connectivity index (χ3v) is 2.19. The summed E-state index contributed by atoms with van der Waals surface area (Å²) in [5, 5.41) is 10.5. The van der Waals surface area contributed by atoms with Gasteiger partial charge in [-0.1, -0.05) is 0 Å². The summed E-state index contributed by atoms with van der Waals surface area (Å²) in [7, 11) is 0. The number of aliphatic hydroxyl groups excluding tert-OH is 1. The van der Waals surface area contributed by atoms with Crippen LogP contribution < -0.4 is 5.84 Å². The first-order valence-electron chi connectivity index (χ1n) is 3.93. The monoisotopic (exact) mass is 144 g/mol. The Morgan fingerprint density at radius 1 is 1.40 bits per heavy atom. The van der Waals surface area contributed by atoms with Crippen molar-refractivity contribution in [1.82, 2.24) is 5.01 Å². The van der Waals surface area contributed by atoms with Crippen LogP contribution in [-0.2, 0) is 0 Å². The van der Waals surface area contributed by atoms with Crippen LogP contribution in [0.15, 0.2) is 0 Å². The van der Waals surface area contributed by atoms with Crippen molar-refractivity contribution in [3.63, 3.8) is 0 Å². The van der Waals surface area contributed by atoms with Gasteiger partial charge >= 0.3 is 0 Å². The predicted molar refractivity (Wildman–Crippen MR) is 40.2 cm³/mol. The van der Waals surface area contributed by atoms with E-state index in [0.29, 0.717) is 12.5 Å². The maximum Gasteiger partial charge on any atom is 0.0433 e.